The van der Waals surface area contributed by atoms with Crippen LogP contribution in [0.2, 0.25) is 0 Å². The van der Waals surface area contributed by atoms with Gasteiger partial charge in [-0.1, -0.05) is 0 Å². The van der Waals surface area contributed by atoms with Gasteiger partial charge in [0.05, 0.1) is 5.69 Å². The minimum atomic E-state index is 0. The van der Waals surface area contributed by atoms with Gasteiger partial charge < -0.3 is 5.73 Å². The largest absolute Gasteiger partial charge is 0.330 e. The molecule has 18 heavy (non-hydrogen) atoms. The van der Waals surface area contributed by atoms with Gasteiger partial charge in [0.15, 0.2) is 0 Å². The molecule has 2 N–H and O–H groups in total. The lowest BCUT2D eigenvalue weighted by atomic mass is 9.97. The first-order valence-electron chi connectivity index (χ1n) is 5.91. The second kappa shape index (κ2) is 7.80. The van der Waals surface area contributed by atoms with Crippen LogP contribution < -0.4 is 5.73 Å². The van der Waals surface area contributed by atoms with Crippen LogP contribution in [0.15, 0.2) is 21.2 Å². The van der Waals surface area contributed by atoms with Gasteiger partial charge in [0.25, 0.3) is 0 Å². The van der Waals surface area contributed by atoms with E-state index in [1.807, 2.05) is 6.20 Å². The van der Waals surface area contributed by atoms with Crippen molar-refractivity contribution in [1.82, 2.24) is 9.88 Å². The minimum absolute atomic E-state index is 0. The molecule has 102 valence electrons. The molecule has 1 aromatic rings. The second-order valence-corrected chi connectivity index (χ2v) is 6.31. The second-order valence-electron chi connectivity index (χ2n) is 4.54. The molecule has 0 amide bonds. The van der Waals surface area contributed by atoms with E-state index < -0.39 is 0 Å². The minimum Gasteiger partial charge on any atom is -0.330 e. The summed E-state index contributed by atoms with van der Waals surface area (Å²) in [5.74, 6) is 0.715. The molecule has 1 aliphatic heterocycles. The van der Waals surface area contributed by atoms with Crippen molar-refractivity contribution < 1.29 is 0 Å². The van der Waals surface area contributed by atoms with Gasteiger partial charge in [-0.15, -0.1) is 12.4 Å². The summed E-state index contributed by atoms with van der Waals surface area (Å²) in [6.45, 7) is 4.01. The van der Waals surface area contributed by atoms with Crippen molar-refractivity contribution in [2.45, 2.75) is 19.4 Å². The number of nitrogens with two attached hydrogens (primary N) is 1. The van der Waals surface area contributed by atoms with Crippen molar-refractivity contribution >= 4 is 44.3 Å². The van der Waals surface area contributed by atoms with E-state index in [9.17, 15) is 0 Å². The quantitative estimate of drug-likeness (QED) is 0.849. The number of pyridine rings is 1. The molecule has 1 fully saturated rings. The van der Waals surface area contributed by atoms with E-state index in [4.69, 9.17) is 5.73 Å². The van der Waals surface area contributed by atoms with E-state index in [1.54, 1.807) is 0 Å². The summed E-state index contributed by atoms with van der Waals surface area (Å²) < 4.78 is 2.09. The van der Waals surface area contributed by atoms with Crippen LogP contribution in [0.3, 0.4) is 0 Å². The molecule has 1 saturated heterocycles. The van der Waals surface area contributed by atoms with Gasteiger partial charge in [-0.25, -0.2) is 0 Å². The van der Waals surface area contributed by atoms with Crippen LogP contribution in [0.25, 0.3) is 0 Å². The third kappa shape index (κ3) is 4.46. The summed E-state index contributed by atoms with van der Waals surface area (Å²) in [6, 6.07) is 2.05. The van der Waals surface area contributed by atoms with E-state index in [-0.39, 0.29) is 12.4 Å². The molecule has 0 spiro atoms. The Morgan fingerprint density at radius 2 is 2.00 bits per heavy atom. The summed E-state index contributed by atoms with van der Waals surface area (Å²) in [5, 5.41) is 0. The molecule has 3 nitrogen and oxygen atoms in total. The van der Waals surface area contributed by atoms with Crippen molar-refractivity contribution in [1.29, 1.82) is 0 Å². The average Bonchev–Trinajstić information content (AvgIpc) is 2.34. The van der Waals surface area contributed by atoms with Crippen LogP contribution in [0.1, 0.15) is 18.5 Å². The zero-order valence-electron chi connectivity index (χ0n) is 10.1. The topological polar surface area (TPSA) is 42.1 Å². The average molecular weight is 400 g/mol. The Bertz CT molecular complexity index is 382. The molecule has 0 bridgehead atoms. The summed E-state index contributed by atoms with van der Waals surface area (Å²) >= 11 is 6.98. The zero-order valence-corrected chi connectivity index (χ0v) is 14.1. The fraction of sp³-hybridized carbons (Fsp3) is 0.583. The molecule has 0 atom stereocenters. The van der Waals surface area contributed by atoms with Gasteiger partial charge in [0.2, 0.25) is 0 Å². The summed E-state index contributed by atoms with van der Waals surface area (Å²) in [7, 11) is 0. The van der Waals surface area contributed by atoms with Crippen molar-refractivity contribution in [3.63, 3.8) is 0 Å². The van der Waals surface area contributed by atoms with Gasteiger partial charge in [-0.2, -0.15) is 0 Å². The highest BCUT2D eigenvalue weighted by Crippen LogP contribution is 2.23. The van der Waals surface area contributed by atoms with Crippen LogP contribution in [-0.2, 0) is 6.54 Å². The van der Waals surface area contributed by atoms with Crippen LogP contribution in [0.4, 0.5) is 0 Å². The highest BCUT2D eigenvalue weighted by atomic mass is 79.9. The van der Waals surface area contributed by atoms with Gasteiger partial charge >= 0.3 is 0 Å². The van der Waals surface area contributed by atoms with E-state index in [0.29, 0.717) is 5.92 Å². The Morgan fingerprint density at radius 1 is 1.33 bits per heavy atom. The third-order valence-corrected chi connectivity index (χ3v) is 4.42. The van der Waals surface area contributed by atoms with Gasteiger partial charge in [0, 0.05) is 21.7 Å². The SMILES string of the molecule is Cl.NCC1CCN(Cc2ncc(Br)cc2Br)CC1. The highest BCUT2D eigenvalue weighted by molar-refractivity contribution is 9.11. The zero-order chi connectivity index (χ0) is 12.3. The lowest BCUT2D eigenvalue weighted by Gasteiger charge is -2.31. The lowest BCUT2D eigenvalue weighted by Crippen LogP contribution is -2.35. The van der Waals surface area contributed by atoms with Crippen molar-refractivity contribution in [3.8, 4) is 0 Å². The Balaban J connectivity index is 0.00000162. The summed E-state index contributed by atoms with van der Waals surface area (Å²) in [5.41, 5.74) is 6.81. The molecule has 0 aliphatic carbocycles. The van der Waals surface area contributed by atoms with Gasteiger partial charge in [0.1, 0.15) is 0 Å². The molecule has 0 radical (unpaired) electrons. The van der Waals surface area contributed by atoms with E-state index in [1.165, 1.54) is 12.8 Å². The Morgan fingerprint density at radius 3 is 2.56 bits per heavy atom. The molecule has 0 unspecified atom stereocenters. The standard InChI is InChI=1S/C12H17Br2N3.ClH/c13-10-5-11(14)12(16-7-10)8-17-3-1-9(6-15)2-4-17;/h5,7,9H,1-4,6,8,15H2;1H. The van der Waals surface area contributed by atoms with Gasteiger partial charge in [-0.3, -0.25) is 9.88 Å². The van der Waals surface area contributed by atoms with Crippen LogP contribution in [-0.4, -0.2) is 29.5 Å². The summed E-state index contributed by atoms with van der Waals surface area (Å²) in [4.78, 5) is 6.90. The molecule has 0 saturated carbocycles. The maximum absolute atomic E-state index is 5.70. The van der Waals surface area contributed by atoms with E-state index >= 15 is 0 Å². The smallest absolute Gasteiger partial charge is 0.0686 e. The molecule has 2 heterocycles. The Hall–Kier alpha value is 0.320. The maximum atomic E-state index is 5.70. The number of aromatic nitrogens is 1. The van der Waals surface area contributed by atoms with Crippen LogP contribution in [0.5, 0.6) is 0 Å². The van der Waals surface area contributed by atoms with E-state index in [2.05, 4.69) is 47.8 Å². The fourth-order valence-electron chi connectivity index (χ4n) is 2.15. The highest BCUT2D eigenvalue weighted by Gasteiger charge is 2.18. The van der Waals surface area contributed by atoms with Gasteiger partial charge in [-0.05, 0) is 76.3 Å². The predicted octanol–water partition coefficient (Wildman–Crippen LogP) is 3.20. The number of hydrogen-bond donors (Lipinski definition) is 1. The molecule has 1 aliphatic rings. The number of hydrogen-bond acceptors (Lipinski definition) is 3. The van der Waals surface area contributed by atoms with E-state index in [0.717, 1.165) is 40.8 Å². The first-order valence-corrected chi connectivity index (χ1v) is 7.50. The number of nitrogens with zero attached hydrogens (tertiary/aromatic N) is 2. The number of halogens is 3. The molecule has 6 heteroatoms. The van der Waals surface area contributed by atoms with Crippen LogP contribution >= 0.6 is 44.3 Å². The number of likely N-dealkylation sites (tertiary alicyclic amines) is 1. The molecular formula is C12H18Br2ClN3. The van der Waals surface area contributed by atoms with Crippen molar-refractivity contribution in [3.05, 3.63) is 26.9 Å². The Labute approximate surface area is 131 Å². The predicted molar refractivity (Wildman–Crippen MR) is 83.9 cm³/mol. The summed E-state index contributed by atoms with van der Waals surface area (Å²) in [6.07, 6.45) is 4.28. The third-order valence-electron chi connectivity index (χ3n) is 3.30. The normalized spacial score (nSPS) is 17.5. The number of piperidine rings is 1. The lowest BCUT2D eigenvalue weighted by molar-refractivity contribution is 0.178. The van der Waals surface area contributed by atoms with Crippen molar-refractivity contribution in [2.75, 3.05) is 19.6 Å². The van der Waals surface area contributed by atoms with Crippen LogP contribution in [0, 0.1) is 5.92 Å². The molecule has 1 aromatic heterocycles. The fourth-order valence-corrected chi connectivity index (χ4v) is 3.26. The maximum Gasteiger partial charge on any atom is 0.0686 e. The first kappa shape index (κ1) is 16.4. The number of rotatable bonds is 3. The monoisotopic (exact) mass is 397 g/mol. The van der Waals surface area contributed by atoms with Crippen molar-refractivity contribution in [2.24, 2.45) is 11.7 Å². The molecule has 0 aromatic carbocycles. The first-order chi connectivity index (χ1) is 8.19. The molecular weight excluding hydrogens is 381 g/mol. The Kier molecular flexibility index (Phi) is 7.10. The molecule has 2 rings (SSSR count).